The molecule has 1 aromatic carbocycles. The number of rotatable bonds is 5. The van der Waals surface area contributed by atoms with Crippen molar-refractivity contribution in [3.05, 3.63) is 23.8 Å². The van der Waals surface area contributed by atoms with Gasteiger partial charge in [0.15, 0.2) is 0 Å². The number of methoxy groups -OCH3 is 1. The van der Waals surface area contributed by atoms with E-state index in [1.54, 1.807) is 0 Å². The molecule has 0 radical (unpaired) electrons. The predicted molar refractivity (Wildman–Crippen MR) is 82.1 cm³/mol. The summed E-state index contributed by atoms with van der Waals surface area (Å²) in [4.78, 5) is 24.3. The number of halogens is 1. The van der Waals surface area contributed by atoms with Crippen LogP contribution in [0.1, 0.15) is 23.7 Å². The number of benzene rings is 1. The van der Waals surface area contributed by atoms with Crippen molar-refractivity contribution >= 4 is 22.1 Å². The predicted octanol–water partition coefficient (Wildman–Crippen LogP) is 1.54. The fourth-order valence-corrected chi connectivity index (χ4v) is 3.36. The van der Waals surface area contributed by atoms with Crippen LogP contribution in [-0.2, 0) is 15.0 Å². The zero-order chi connectivity index (χ0) is 18.1. The zero-order valence-corrected chi connectivity index (χ0v) is 14.0. The Balaban J connectivity index is 2.31. The average Bonchev–Trinajstić information content (AvgIpc) is 2.85. The summed E-state index contributed by atoms with van der Waals surface area (Å²) in [5.41, 5.74) is -0.0700. The molecule has 132 valence electrons. The topological polar surface area (TPSA) is 101 Å². The molecule has 1 fully saturated rings. The van der Waals surface area contributed by atoms with Crippen LogP contribution in [0.2, 0.25) is 0 Å². The number of hydrogen-bond acceptors (Lipinski definition) is 5. The van der Waals surface area contributed by atoms with Gasteiger partial charge in [0.25, 0.3) is 5.91 Å². The maximum Gasteiger partial charge on any atom is 0.332 e. The van der Waals surface area contributed by atoms with Gasteiger partial charge in [-0.3, -0.25) is 9.59 Å². The van der Waals surface area contributed by atoms with Crippen molar-refractivity contribution in [3.63, 3.8) is 0 Å². The number of nitrogens with zero attached hydrogens (tertiary/aromatic N) is 1. The van der Waals surface area contributed by atoms with Gasteiger partial charge in [0.05, 0.1) is 24.0 Å². The molecule has 1 aliphatic rings. The lowest BCUT2D eigenvalue weighted by Crippen LogP contribution is -2.29. The van der Waals surface area contributed by atoms with Gasteiger partial charge in [-0.15, -0.1) is 3.89 Å². The van der Waals surface area contributed by atoms with Gasteiger partial charge in [-0.05, 0) is 30.0 Å². The van der Waals surface area contributed by atoms with E-state index in [0.717, 1.165) is 12.1 Å². The Morgan fingerprint density at radius 2 is 2.04 bits per heavy atom. The number of ether oxygens (including phenoxy) is 1. The highest BCUT2D eigenvalue weighted by molar-refractivity contribution is 7.86. The molecule has 0 saturated carbocycles. The van der Waals surface area contributed by atoms with Crippen LogP contribution in [0.4, 0.5) is 3.89 Å². The van der Waals surface area contributed by atoms with Crippen LogP contribution in [0.5, 0.6) is 5.75 Å². The Kier molecular flexibility index (Phi) is 5.12. The molecule has 24 heavy (non-hydrogen) atoms. The molecule has 0 spiro atoms. The highest BCUT2D eigenvalue weighted by atomic mass is 32.3. The van der Waals surface area contributed by atoms with Crippen LogP contribution < -0.4 is 4.74 Å². The Morgan fingerprint density at radius 3 is 2.58 bits per heavy atom. The van der Waals surface area contributed by atoms with E-state index < -0.39 is 27.0 Å². The maximum atomic E-state index is 13.2. The van der Waals surface area contributed by atoms with Gasteiger partial charge in [0.1, 0.15) is 5.75 Å². The molecule has 0 bridgehead atoms. The van der Waals surface area contributed by atoms with Crippen LogP contribution >= 0.6 is 0 Å². The Bertz CT molecular complexity index is 763. The van der Waals surface area contributed by atoms with Crippen LogP contribution in [-0.4, -0.2) is 50.5 Å². The Labute approximate surface area is 139 Å². The van der Waals surface area contributed by atoms with E-state index in [9.17, 15) is 21.9 Å². The second-order valence-electron chi connectivity index (χ2n) is 5.85. The molecule has 0 aromatic heterocycles. The molecular weight excluding hydrogens is 341 g/mol. The summed E-state index contributed by atoms with van der Waals surface area (Å²) in [5, 5.41) is 8.91. The van der Waals surface area contributed by atoms with Crippen LogP contribution in [0, 0.1) is 11.8 Å². The summed E-state index contributed by atoms with van der Waals surface area (Å²) in [7, 11) is -3.63. The van der Waals surface area contributed by atoms with Gasteiger partial charge in [0.2, 0.25) is 0 Å². The van der Waals surface area contributed by atoms with E-state index in [-0.39, 0.29) is 36.1 Å². The average molecular weight is 359 g/mol. The second kappa shape index (κ2) is 6.76. The highest BCUT2D eigenvalue weighted by Gasteiger charge is 2.35. The van der Waals surface area contributed by atoms with Crippen molar-refractivity contribution in [2.45, 2.75) is 18.2 Å². The monoisotopic (exact) mass is 359 g/mol. The molecule has 2 rings (SSSR count). The molecule has 9 heteroatoms. The molecule has 1 heterocycles. The molecule has 2 atom stereocenters. The van der Waals surface area contributed by atoms with E-state index in [1.807, 2.05) is 6.92 Å². The van der Waals surface area contributed by atoms with Crippen molar-refractivity contribution in [1.82, 2.24) is 4.90 Å². The molecule has 1 aromatic rings. The molecule has 7 nitrogen and oxygen atoms in total. The van der Waals surface area contributed by atoms with E-state index in [0.29, 0.717) is 6.54 Å². The van der Waals surface area contributed by atoms with E-state index in [4.69, 9.17) is 9.84 Å². The number of carbonyl (C=O) groups excluding carboxylic acids is 1. The van der Waals surface area contributed by atoms with Crippen molar-refractivity contribution in [2.75, 3.05) is 20.2 Å². The van der Waals surface area contributed by atoms with Gasteiger partial charge in [-0.1, -0.05) is 6.92 Å². The molecule has 0 aliphatic carbocycles. The number of aliphatic carboxylic acids is 1. The first-order valence-corrected chi connectivity index (χ1v) is 8.65. The van der Waals surface area contributed by atoms with Gasteiger partial charge in [-0.25, -0.2) is 0 Å². The minimum atomic E-state index is -4.95. The second-order valence-corrected chi connectivity index (χ2v) is 7.19. The molecule has 1 amide bonds. The first-order chi connectivity index (χ1) is 11.1. The summed E-state index contributed by atoms with van der Waals surface area (Å²) in [6.45, 7) is 2.43. The Morgan fingerprint density at radius 1 is 1.38 bits per heavy atom. The molecule has 1 N–H and O–H groups in total. The lowest BCUT2D eigenvalue weighted by Gasteiger charge is -2.18. The van der Waals surface area contributed by atoms with Gasteiger partial charge in [0, 0.05) is 13.1 Å². The third kappa shape index (κ3) is 3.84. The van der Waals surface area contributed by atoms with Gasteiger partial charge >= 0.3 is 16.2 Å². The molecule has 1 saturated heterocycles. The standard InChI is InChI=1S/C15H18FNO6S/c1-9-7-17(8-10(9)5-14(18)19)15(20)12-6-11(24(16,21)22)3-4-13(12)23-2/h3-4,6,9-10H,5,7-8H2,1-2H3,(H,18,19)/t9-,10-/m1/s1. The first-order valence-electron chi connectivity index (χ1n) is 7.27. The van der Waals surface area contributed by atoms with E-state index in [1.165, 1.54) is 18.1 Å². The minimum absolute atomic E-state index is 0.0101. The maximum absolute atomic E-state index is 13.2. The number of hydrogen-bond donors (Lipinski definition) is 1. The summed E-state index contributed by atoms with van der Waals surface area (Å²) in [6, 6.07) is 3.17. The summed E-state index contributed by atoms with van der Waals surface area (Å²) in [6.07, 6.45) is -0.0546. The summed E-state index contributed by atoms with van der Waals surface area (Å²) in [5.74, 6) is -1.53. The smallest absolute Gasteiger partial charge is 0.332 e. The van der Waals surface area contributed by atoms with Crippen molar-refractivity contribution in [2.24, 2.45) is 11.8 Å². The molecular formula is C15H18FNO6S. The van der Waals surface area contributed by atoms with Crippen LogP contribution in [0.25, 0.3) is 0 Å². The number of carboxylic acids is 1. The number of amides is 1. The van der Waals surface area contributed by atoms with Crippen LogP contribution in [0.3, 0.4) is 0 Å². The minimum Gasteiger partial charge on any atom is -0.496 e. The molecule has 0 unspecified atom stereocenters. The Hall–Kier alpha value is -2.16. The number of carboxylic acid groups (broad SMARTS) is 1. The zero-order valence-electron chi connectivity index (χ0n) is 13.2. The molecule has 1 aliphatic heterocycles. The first kappa shape index (κ1) is 18.2. The normalized spacial score (nSPS) is 20.9. The SMILES string of the molecule is COc1ccc(S(=O)(=O)F)cc1C(=O)N1C[C@@H](CC(=O)O)[C@H](C)C1. The van der Waals surface area contributed by atoms with Crippen molar-refractivity contribution < 1.29 is 31.7 Å². The third-order valence-electron chi connectivity index (χ3n) is 4.17. The summed E-state index contributed by atoms with van der Waals surface area (Å²) >= 11 is 0. The lowest BCUT2D eigenvalue weighted by molar-refractivity contribution is -0.138. The lowest BCUT2D eigenvalue weighted by atomic mass is 9.95. The van der Waals surface area contributed by atoms with Crippen molar-refractivity contribution in [3.8, 4) is 5.75 Å². The number of likely N-dealkylation sites (tertiary alicyclic amines) is 1. The quantitative estimate of drug-likeness (QED) is 0.800. The van der Waals surface area contributed by atoms with Crippen molar-refractivity contribution in [1.29, 1.82) is 0 Å². The fraction of sp³-hybridized carbons (Fsp3) is 0.467. The van der Waals surface area contributed by atoms with E-state index >= 15 is 0 Å². The van der Waals surface area contributed by atoms with Gasteiger partial charge in [-0.2, -0.15) is 8.42 Å². The highest BCUT2D eigenvalue weighted by Crippen LogP contribution is 2.30. The number of carbonyl (C=O) groups is 2. The largest absolute Gasteiger partial charge is 0.496 e. The van der Waals surface area contributed by atoms with Gasteiger partial charge < -0.3 is 14.7 Å². The third-order valence-corrected chi connectivity index (χ3v) is 4.99. The fourth-order valence-electron chi connectivity index (χ4n) is 2.87. The van der Waals surface area contributed by atoms with Crippen LogP contribution in [0.15, 0.2) is 23.1 Å². The summed E-state index contributed by atoms with van der Waals surface area (Å²) < 4.78 is 40.4. The van der Waals surface area contributed by atoms with E-state index in [2.05, 4.69) is 0 Å².